The van der Waals surface area contributed by atoms with E-state index in [1.54, 1.807) is 0 Å². The van der Waals surface area contributed by atoms with Gasteiger partial charge in [-0.25, -0.2) is 0 Å². The number of carbonyl (C=O) groups excluding carboxylic acids is 1. The highest BCUT2D eigenvalue weighted by molar-refractivity contribution is 5.93. The predicted octanol–water partition coefficient (Wildman–Crippen LogP) is 3.03. The van der Waals surface area contributed by atoms with E-state index >= 15 is 0 Å². The Morgan fingerprint density at radius 2 is 1.76 bits per heavy atom. The minimum Gasteiger partial charge on any atom is -0.325 e. The Labute approximate surface area is 150 Å². The zero-order valence-corrected chi connectivity index (χ0v) is 14.8. The number of hydrogen-bond donors (Lipinski definition) is 1. The second-order valence-corrected chi connectivity index (χ2v) is 6.69. The first-order valence-corrected chi connectivity index (χ1v) is 9.08. The molecule has 1 aliphatic heterocycles. The molecule has 1 saturated heterocycles. The molecule has 2 N–H and O–H groups in total. The third-order valence-corrected chi connectivity index (χ3v) is 4.89. The van der Waals surface area contributed by atoms with Crippen LogP contribution in [0, 0.1) is 0 Å². The number of likely N-dealkylation sites (tertiary alicyclic amines) is 1. The van der Waals surface area contributed by atoms with Crippen molar-refractivity contribution in [2.24, 2.45) is 5.73 Å². The van der Waals surface area contributed by atoms with Gasteiger partial charge in [-0.3, -0.25) is 9.69 Å². The van der Waals surface area contributed by atoms with Crippen LogP contribution < -0.4 is 10.6 Å². The first-order chi connectivity index (χ1) is 12.2. The van der Waals surface area contributed by atoms with E-state index in [1.165, 1.54) is 5.56 Å². The van der Waals surface area contributed by atoms with Crippen molar-refractivity contribution >= 4 is 11.6 Å². The molecule has 2 aromatic rings. The summed E-state index contributed by atoms with van der Waals surface area (Å²) in [5.41, 5.74) is 8.77. The third-order valence-electron chi connectivity index (χ3n) is 4.89. The lowest BCUT2D eigenvalue weighted by Crippen LogP contribution is -2.59. The molecule has 132 valence electrons. The normalized spacial score (nSPS) is 21.0. The summed E-state index contributed by atoms with van der Waals surface area (Å²) in [4.78, 5) is 16.9. The highest BCUT2D eigenvalue weighted by atomic mass is 16.2. The van der Waals surface area contributed by atoms with Gasteiger partial charge in [-0.1, -0.05) is 55.5 Å². The number of benzene rings is 2. The van der Waals surface area contributed by atoms with Gasteiger partial charge in [-0.2, -0.15) is 0 Å². The van der Waals surface area contributed by atoms with E-state index in [-0.39, 0.29) is 18.0 Å². The zero-order chi connectivity index (χ0) is 17.6. The van der Waals surface area contributed by atoms with Crippen molar-refractivity contribution in [3.8, 4) is 0 Å². The van der Waals surface area contributed by atoms with E-state index in [0.717, 1.165) is 31.7 Å². The molecular weight excluding hydrogens is 310 g/mol. The van der Waals surface area contributed by atoms with Crippen molar-refractivity contribution in [3.05, 3.63) is 66.2 Å². The maximum Gasteiger partial charge on any atom is 0.227 e. The molecule has 1 heterocycles. The van der Waals surface area contributed by atoms with Gasteiger partial charge < -0.3 is 10.6 Å². The third kappa shape index (κ3) is 4.27. The molecule has 4 nitrogen and oxygen atoms in total. The van der Waals surface area contributed by atoms with Crippen LogP contribution in [0.25, 0.3) is 0 Å². The molecule has 3 rings (SSSR count). The van der Waals surface area contributed by atoms with Crippen LogP contribution in [0.2, 0.25) is 0 Å². The van der Waals surface area contributed by atoms with Crippen molar-refractivity contribution in [3.63, 3.8) is 0 Å². The molecule has 4 heteroatoms. The monoisotopic (exact) mass is 337 g/mol. The van der Waals surface area contributed by atoms with Crippen LogP contribution in [-0.2, 0) is 11.3 Å². The summed E-state index contributed by atoms with van der Waals surface area (Å²) in [6.45, 7) is 4.58. The lowest BCUT2D eigenvalue weighted by Gasteiger charge is -2.42. The Bertz CT molecular complexity index is 674. The van der Waals surface area contributed by atoms with E-state index in [2.05, 4.69) is 29.2 Å². The predicted molar refractivity (Wildman–Crippen MR) is 102 cm³/mol. The number of rotatable bonds is 5. The first kappa shape index (κ1) is 17.6. The fraction of sp³-hybridized carbons (Fsp3) is 0.381. The highest BCUT2D eigenvalue weighted by Crippen LogP contribution is 2.25. The lowest BCUT2D eigenvalue weighted by atomic mass is 9.96. The Morgan fingerprint density at radius 1 is 1.12 bits per heavy atom. The number of hydrogen-bond acceptors (Lipinski definition) is 3. The van der Waals surface area contributed by atoms with Crippen molar-refractivity contribution in [1.82, 2.24) is 4.90 Å². The van der Waals surface area contributed by atoms with Gasteiger partial charge in [0, 0.05) is 37.8 Å². The minimum absolute atomic E-state index is 0.0480. The van der Waals surface area contributed by atoms with E-state index < -0.39 is 0 Å². The van der Waals surface area contributed by atoms with Gasteiger partial charge in [0.2, 0.25) is 5.91 Å². The SMILES string of the molecule is CCC(=O)N(c1ccccc1)[C@H]1CCN(Cc2ccccc2)C[C@@H]1N. The van der Waals surface area contributed by atoms with Gasteiger partial charge in [-0.15, -0.1) is 0 Å². The van der Waals surface area contributed by atoms with E-state index in [4.69, 9.17) is 5.73 Å². The largest absolute Gasteiger partial charge is 0.325 e. The van der Waals surface area contributed by atoms with Gasteiger partial charge in [0.25, 0.3) is 0 Å². The van der Waals surface area contributed by atoms with Crippen LogP contribution in [-0.4, -0.2) is 36.0 Å². The maximum absolute atomic E-state index is 12.6. The van der Waals surface area contributed by atoms with Crippen LogP contribution in [0.1, 0.15) is 25.3 Å². The number of carbonyl (C=O) groups is 1. The number of nitrogens with two attached hydrogens (primary N) is 1. The standard InChI is InChI=1S/C21H27N3O/c1-2-21(25)24(18-11-7-4-8-12-18)20-13-14-23(16-19(20)22)15-17-9-5-3-6-10-17/h3-12,19-20H,2,13-16,22H2,1H3/t19-,20-/m0/s1. The molecule has 2 atom stereocenters. The zero-order valence-electron chi connectivity index (χ0n) is 14.8. The van der Waals surface area contributed by atoms with Crippen LogP contribution in [0.5, 0.6) is 0 Å². The molecule has 1 amide bonds. The number of para-hydroxylation sites is 1. The molecule has 0 radical (unpaired) electrons. The molecule has 0 aromatic heterocycles. The number of piperidine rings is 1. The van der Waals surface area contributed by atoms with Crippen LogP contribution in [0.3, 0.4) is 0 Å². The average molecular weight is 337 g/mol. The molecular formula is C21H27N3O. The topological polar surface area (TPSA) is 49.6 Å². The van der Waals surface area contributed by atoms with Gasteiger partial charge in [-0.05, 0) is 24.1 Å². The molecule has 1 aliphatic rings. The first-order valence-electron chi connectivity index (χ1n) is 9.08. The summed E-state index contributed by atoms with van der Waals surface area (Å²) in [6.07, 6.45) is 1.39. The van der Waals surface area contributed by atoms with E-state index in [9.17, 15) is 4.79 Å². The summed E-state index contributed by atoms with van der Waals surface area (Å²) in [5.74, 6) is 0.142. The minimum atomic E-state index is -0.0480. The van der Waals surface area contributed by atoms with Gasteiger partial charge >= 0.3 is 0 Å². The number of nitrogens with zero attached hydrogens (tertiary/aromatic N) is 2. The Kier molecular flexibility index (Phi) is 5.84. The summed E-state index contributed by atoms with van der Waals surface area (Å²) >= 11 is 0. The molecule has 0 bridgehead atoms. The Morgan fingerprint density at radius 3 is 2.36 bits per heavy atom. The molecule has 0 spiro atoms. The van der Waals surface area contributed by atoms with Crippen LogP contribution in [0.4, 0.5) is 5.69 Å². The van der Waals surface area contributed by atoms with Gasteiger partial charge in [0.1, 0.15) is 0 Å². The summed E-state index contributed by atoms with van der Waals surface area (Å²) < 4.78 is 0. The lowest BCUT2D eigenvalue weighted by molar-refractivity contribution is -0.119. The highest BCUT2D eigenvalue weighted by Gasteiger charge is 2.33. The molecule has 0 unspecified atom stereocenters. The summed E-state index contributed by atoms with van der Waals surface area (Å²) in [7, 11) is 0. The van der Waals surface area contributed by atoms with Gasteiger partial charge in [0.15, 0.2) is 0 Å². The van der Waals surface area contributed by atoms with E-state index in [0.29, 0.717) is 6.42 Å². The fourth-order valence-corrected chi connectivity index (χ4v) is 3.63. The van der Waals surface area contributed by atoms with Gasteiger partial charge in [0.05, 0.1) is 6.04 Å². The smallest absolute Gasteiger partial charge is 0.227 e. The summed E-state index contributed by atoms with van der Waals surface area (Å²) in [6, 6.07) is 20.4. The van der Waals surface area contributed by atoms with Crippen molar-refractivity contribution in [2.75, 3.05) is 18.0 Å². The number of anilines is 1. The van der Waals surface area contributed by atoms with Crippen LogP contribution in [0.15, 0.2) is 60.7 Å². The second-order valence-electron chi connectivity index (χ2n) is 6.69. The quantitative estimate of drug-likeness (QED) is 0.912. The van der Waals surface area contributed by atoms with Crippen molar-refractivity contribution in [1.29, 1.82) is 0 Å². The molecule has 25 heavy (non-hydrogen) atoms. The average Bonchev–Trinajstić information content (AvgIpc) is 2.65. The number of amides is 1. The molecule has 0 saturated carbocycles. The van der Waals surface area contributed by atoms with Crippen molar-refractivity contribution in [2.45, 2.75) is 38.4 Å². The molecule has 2 aromatic carbocycles. The summed E-state index contributed by atoms with van der Waals surface area (Å²) in [5, 5.41) is 0. The van der Waals surface area contributed by atoms with E-state index in [1.807, 2.05) is 48.2 Å². The van der Waals surface area contributed by atoms with Crippen LogP contribution >= 0.6 is 0 Å². The maximum atomic E-state index is 12.6. The Balaban J connectivity index is 1.71. The van der Waals surface area contributed by atoms with Crippen molar-refractivity contribution < 1.29 is 4.79 Å². The fourth-order valence-electron chi connectivity index (χ4n) is 3.63. The Hall–Kier alpha value is -2.17. The second kappa shape index (κ2) is 8.28. The molecule has 1 fully saturated rings. The molecule has 0 aliphatic carbocycles.